The first-order valence-corrected chi connectivity index (χ1v) is 9.71. The van der Waals surface area contributed by atoms with Gasteiger partial charge in [-0.2, -0.15) is 5.26 Å². The standard InChI is InChI=1S/C25H25N3O/c1-5-20-8-6-7-9-24(20)27-25(29)22(16-26)15-21-14-18(3)28(19(21)4)23-12-10-17(2)11-13-23/h6-15H,5H2,1-4H3,(H,27,29)/b22-15-. The molecule has 4 nitrogen and oxygen atoms in total. The van der Waals surface area contributed by atoms with E-state index in [9.17, 15) is 10.1 Å². The molecule has 0 atom stereocenters. The fraction of sp³-hybridized carbons (Fsp3) is 0.200. The third kappa shape index (κ3) is 4.30. The minimum absolute atomic E-state index is 0.0834. The summed E-state index contributed by atoms with van der Waals surface area (Å²) in [4.78, 5) is 12.7. The van der Waals surface area contributed by atoms with Gasteiger partial charge < -0.3 is 9.88 Å². The molecule has 146 valence electrons. The van der Waals surface area contributed by atoms with Gasteiger partial charge in [0, 0.05) is 22.8 Å². The van der Waals surface area contributed by atoms with Gasteiger partial charge in [0.1, 0.15) is 11.6 Å². The fourth-order valence-corrected chi connectivity index (χ4v) is 3.47. The lowest BCUT2D eigenvalue weighted by molar-refractivity contribution is -0.112. The Morgan fingerprint density at radius 3 is 2.45 bits per heavy atom. The summed E-state index contributed by atoms with van der Waals surface area (Å²) in [5.74, 6) is -0.395. The molecule has 1 heterocycles. The van der Waals surface area contributed by atoms with Crippen LogP contribution in [-0.2, 0) is 11.2 Å². The van der Waals surface area contributed by atoms with Gasteiger partial charge in [-0.3, -0.25) is 4.79 Å². The molecule has 0 saturated heterocycles. The molecule has 1 N–H and O–H groups in total. The summed E-state index contributed by atoms with van der Waals surface area (Å²) in [6, 6.07) is 20.0. The van der Waals surface area contributed by atoms with Gasteiger partial charge >= 0.3 is 0 Å². The Morgan fingerprint density at radius 1 is 1.10 bits per heavy atom. The number of carbonyl (C=O) groups is 1. The number of nitriles is 1. The Morgan fingerprint density at radius 2 is 1.79 bits per heavy atom. The van der Waals surface area contributed by atoms with Gasteiger partial charge in [0.2, 0.25) is 0 Å². The van der Waals surface area contributed by atoms with Crippen LogP contribution in [0, 0.1) is 32.1 Å². The van der Waals surface area contributed by atoms with Crippen LogP contribution < -0.4 is 5.32 Å². The van der Waals surface area contributed by atoms with Gasteiger partial charge in [-0.1, -0.05) is 42.8 Å². The van der Waals surface area contributed by atoms with Gasteiger partial charge in [0.25, 0.3) is 5.91 Å². The number of rotatable bonds is 5. The average molecular weight is 383 g/mol. The lowest BCUT2D eigenvalue weighted by Crippen LogP contribution is -2.14. The number of hydrogen-bond acceptors (Lipinski definition) is 2. The average Bonchev–Trinajstić information content (AvgIpc) is 3.00. The van der Waals surface area contributed by atoms with Crippen LogP contribution in [0.5, 0.6) is 0 Å². The summed E-state index contributed by atoms with van der Waals surface area (Å²) >= 11 is 0. The van der Waals surface area contributed by atoms with Crippen molar-refractivity contribution >= 4 is 17.7 Å². The van der Waals surface area contributed by atoms with E-state index in [4.69, 9.17) is 0 Å². The van der Waals surface area contributed by atoms with E-state index in [1.54, 1.807) is 6.08 Å². The Kier molecular flexibility index (Phi) is 5.99. The van der Waals surface area contributed by atoms with Crippen molar-refractivity contribution in [2.45, 2.75) is 34.1 Å². The number of nitrogens with zero attached hydrogens (tertiary/aromatic N) is 2. The Hall–Kier alpha value is -3.58. The number of para-hydroxylation sites is 1. The van der Waals surface area contributed by atoms with Crippen LogP contribution >= 0.6 is 0 Å². The monoisotopic (exact) mass is 383 g/mol. The van der Waals surface area contributed by atoms with Crippen LogP contribution in [0.25, 0.3) is 11.8 Å². The molecule has 0 aliphatic heterocycles. The van der Waals surface area contributed by atoms with Crippen molar-refractivity contribution in [1.29, 1.82) is 5.26 Å². The highest BCUT2D eigenvalue weighted by Crippen LogP contribution is 2.24. The quantitative estimate of drug-likeness (QED) is 0.466. The molecule has 1 aromatic heterocycles. The molecule has 4 heteroatoms. The molecule has 0 spiro atoms. The van der Waals surface area contributed by atoms with Gasteiger partial charge in [-0.05, 0) is 68.7 Å². The van der Waals surface area contributed by atoms with Gasteiger partial charge in [-0.25, -0.2) is 0 Å². The molecule has 1 amide bonds. The zero-order valence-corrected chi connectivity index (χ0v) is 17.3. The summed E-state index contributed by atoms with van der Waals surface area (Å²) in [6.07, 6.45) is 2.47. The predicted molar refractivity (Wildman–Crippen MR) is 118 cm³/mol. The number of hydrogen-bond donors (Lipinski definition) is 1. The molecule has 0 unspecified atom stereocenters. The first-order chi connectivity index (χ1) is 13.9. The molecule has 0 fully saturated rings. The second-order valence-corrected chi connectivity index (χ2v) is 7.13. The lowest BCUT2D eigenvalue weighted by atomic mass is 10.1. The number of aromatic nitrogens is 1. The maximum absolute atomic E-state index is 12.7. The number of anilines is 1. The summed E-state index contributed by atoms with van der Waals surface area (Å²) in [6.45, 7) is 8.11. The number of amides is 1. The first kappa shape index (κ1) is 20.2. The van der Waals surface area contributed by atoms with E-state index in [-0.39, 0.29) is 5.57 Å². The Labute approximate surface area is 172 Å². The molecule has 0 bridgehead atoms. The SMILES string of the molecule is CCc1ccccc1NC(=O)/C(C#N)=C\c1cc(C)n(-c2ccc(C)cc2)c1C. The van der Waals surface area contributed by atoms with E-state index in [1.807, 2.05) is 51.1 Å². The molecular weight excluding hydrogens is 358 g/mol. The van der Waals surface area contributed by atoms with Crippen molar-refractivity contribution < 1.29 is 4.79 Å². The van der Waals surface area contributed by atoms with Crippen LogP contribution in [0.4, 0.5) is 5.69 Å². The molecule has 2 aromatic carbocycles. The van der Waals surface area contributed by atoms with Crippen LogP contribution in [0.1, 0.15) is 35.0 Å². The van der Waals surface area contributed by atoms with Crippen molar-refractivity contribution in [3.8, 4) is 11.8 Å². The number of carbonyl (C=O) groups excluding carboxylic acids is 1. The lowest BCUT2D eigenvalue weighted by Gasteiger charge is -2.10. The topological polar surface area (TPSA) is 57.8 Å². The molecule has 0 aliphatic carbocycles. The molecule has 3 aromatic rings. The largest absolute Gasteiger partial charge is 0.321 e. The molecular formula is C25H25N3O. The third-order valence-corrected chi connectivity index (χ3v) is 5.07. The van der Waals surface area contributed by atoms with Crippen LogP contribution in [0.2, 0.25) is 0 Å². The van der Waals surface area contributed by atoms with Crippen molar-refractivity contribution in [2.75, 3.05) is 5.32 Å². The second-order valence-electron chi connectivity index (χ2n) is 7.13. The second kappa shape index (κ2) is 8.62. The van der Waals surface area contributed by atoms with Gasteiger partial charge in [-0.15, -0.1) is 0 Å². The summed E-state index contributed by atoms with van der Waals surface area (Å²) in [7, 11) is 0. The highest BCUT2D eigenvalue weighted by Gasteiger charge is 2.15. The molecule has 0 radical (unpaired) electrons. The number of nitrogens with one attached hydrogen (secondary N) is 1. The maximum atomic E-state index is 12.7. The van der Waals surface area contributed by atoms with Crippen LogP contribution in [-0.4, -0.2) is 10.5 Å². The van der Waals surface area contributed by atoms with Crippen molar-refractivity contribution in [1.82, 2.24) is 4.57 Å². The van der Waals surface area contributed by atoms with Crippen molar-refractivity contribution in [3.05, 3.63) is 88.2 Å². The normalized spacial score (nSPS) is 11.2. The fourth-order valence-electron chi connectivity index (χ4n) is 3.47. The van der Waals surface area contributed by atoms with Crippen LogP contribution in [0.3, 0.4) is 0 Å². The first-order valence-electron chi connectivity index (χ1n) is 9.71. The highest BCUT2D eigenvalue weighted by atomic mass is 16.1. The highest BCUT2D eigenvalue weighted by molar-refractivity contribution is 6.10. The van der Waals surface area contributed by atoms with Gasteiger partial charge in [0.15, 0.2) is 0 Å². The van der Waals surface area contributed by atoms with Gasteiger partial charge in [0.05, 0.1) is 0 Å². The van der Waals surface area contributed by atoms with E-state index < -0.39 is 5.91 Å². The zero-order chi connectivity index (χ0) is 21.0. The summed E-state index contributed by atoms with van der Waals surface area (Å²) in [5.41, 5.74) is 7.02. The van der Waals surface area contributed by atoms with Crippen molar-refractivity contribution in [2.24, 2.45) is 0 Å². The Balaban J connectivity index is 1.93. The van der Waals surface area contributed by atoms with Crippen molar-refractivity contribution in [3.63, 3.8) is 0 Å². The van der Waals surface area contributed by atoms with E-state index in [1.165, 1.54) is 5.56 Å². The van der Waals surface area contributed by atoms with E-state index in [0.717, 1.165) is 40.3 Å². The van der Waals surface area contributed by atoms with E-state index in [2.05, 4.69) is 47.1 Å². The minimum Gasteiger partial charge on any atom is -0.321 e. The predicted octanol–water partition coefficient (Wildman–Crippen LogP) is 5.51. The summed E-state index contributed by atoms with van der Waals surface area (Å²) in [5, 5.41) is 12.5. The zero-order valence-electron chi connectivity index (χ0n) is 17.3. The summed E-state index contributed by atoms with van der Waals surface area (Å²) < 4.78 is 2.13. The van der Waals surface area contributed by atoms with E-state index in [0.29, 0.717) is 0 Å². The number of aryl methyl sites for hydroxylation is 3. The molecule has 0 aliphatic rings. The molecule has 29 heavy (non-hydrogen) atoms. The van der Waals surface area contributed by atoms with E-state index >= 15 is 0 Å². The smallest absolute Gasteiger partial charge is 0.266 e. The Bertz CT molecular complexity index is 1110. The maximum Gasteiger partial charge on any atom is 0.266 e. The third-order valence-electron chi connectivity index (χ3n) is 5.07. The molecule has 0 saturated carbocycles. The van der Waals surface area contributed by atoms with Crippen LogP contribution in [0.15, 0.2) is 60.2 Å². The number of benzene rings is 2. The molecule has 3 rings (SSSR count). The minimum atomic E-state index is -0.395.